The first kappa shape index (κ1) is 18.2. The van der Waals surface area contributed by atoms with Crippen LogP contribution in [0.3, 0.4) is 0 Å². The van der Waals surface area contributed by atoms with E-state index >= 15 is 0 Å². The fraction of sp³-hybridized carbons (Fsp3) is 0.348. The highest BCUT2D eigenvalue weighted by Gasteiger charge is 2.06. The largest absolute Gasteiger partial charge is 0.497 e. The van der Waals surface area contributed by atoms with Gasteiger partial charge in [0.05, 0.1) is 12.5 Å². The highest BCUT2D eigenvalue weighted by Crippen LogP contribution is 2.24. The van der Waals surface area contributed by atoms with Gasteiger partial charge in [0.15, 0.2) is 0 Å². The minimum atomic E-state index is 0.830. The van der Waals surface area contributed by atoms with Crippen molar-refractivity contribution in [1.29, 1.82) is 0 Å². The van der Waals surface area contributed by atoms with Crippen LogP contribution in [0.25, 0.3) is 22.3 Å². The third-order valence-electron chi connectivity index (χ3n) is 4.57. The summed E-state index contributed by atoms with van der Waals surface area (Å²) in [6, 6.07) is 16.3. The van der Waals surface area contributed by atoms with E-state index in [0.29, 0.717) is 0 Å². The van der Waals surface area contributed by atoms with Gasteiger partial charge in [0, 0.05) is 23.6 Å². The maximum atomic E-state index is 6.16. The predicted octanol–water partition coefficient (Wildman–Crippen LogP) is 5.90. The van der Waals surface area contributed by atoms with Crippen molar-refractivity contribution < 1.29 is 9.15 Å². The molecule has 2 aromatic carbocycles. The molecule has 3 rings (SSSR count). The van der Waals surface area contributed by atoms with E-state index in [2.05, 4.69) is 32.0 Å². The molecule has 0 amide bonds. The number of nitrogens with zero attached hydrogens (tertiary/aromatic N) is 1. The van der Waals surface area contributed by atoms with Gasteiger partial charge in [0.25, 0.3) is 0 Å². The molecule has 0 aliphatic heterocycles. The van der Waals surface area contributed by atoms with Crippen molar-refractivity contribution in [2.24, 2.45) is 4.99 Å². The SMILES string of the molecule is CCCCCCN=c1cc(-c2ccc(OC)cc2)oc2ccc(C)cc12. The van der Waals surface area contributed by atoms with Gasteiger partial charge >= 0.3 is 0 Å². The highest BCUT2D eigenvalue weighted by molar-refractivity contribution is 5.79. The maximum absolute atomic E-state index is 6.16. The van der Waals surface area contributed by atoms with Crippen LogP contribution in [-0.2, 0) is 0 Å². The molecular formula is C23H27NO2. The van der Waals surface area contributed by atoms with E-state index in [1.807, 2.05) is 30.3 Å². The summed E-state index contributed by atoms with van der Waals surface area (Å²) in [5.41, 5.74) is 3.11. The molecule has 136 valence electrons. The quantitative estimate of drug-likeness (QED) is 0.498. The van der Waals surface area contributed by atoms with Crippen molar-refractivity contribution in [3.05, 3.63) is 59.5 Å². The van der Waals surface area contributed by atoms with Crippen LogP contribution in [0.4, 0.5) is 0 Å². The summed E-state index contributed by atoms with van der Waals surface area (Å²) in [4.78, 5) is 4.88. The molecule has 0 radical (unpaired) electrons. The van der Waals surface area contributed by atoms with E-state index in [0.717, 1.165) is 46.4 Å². The summed E-state index contributed by atoms with van der Waals surface area (Å²) in [5, 5.41) is 2.09. The number of benzene rings is 2. The van der Waals surface area contributed by atoms with Crippen LogP contribution >= 0.6 is 0 Å². The lowest BCUT2D eigenvalue weighted by Crippen LogP contribution is -2.05. The van der Waals surface area contributed by atoms with Gasteiger partial charge in [-0.2, -0.15) is 0 Å². The second-order valence-electron chi connectivity index (χ2n) is 6.67. The van der Waals surface area contributed by atoms with Gasteiger partial charge in [-0.25, -0.2) is 0 Å². The average Bonchev–Trinajstić information content (AvgIpc) is 2.68. The van der Waals surface area contributed by atoms with Gasteiger partial charge < -0.3 is 9.15 Å². The molecule has 3 heteroatoms. The fourth-order valence-electron chi connectivity index (χ4n) is 3.05. The monoisotopic (exact) mass is 349 g/mol. The zero-order chi connectivity index (χ0) is 18.4. The molecule has 3 nitrogen and oxygen atoms in total. The number of unbranched alkanes of at least 4 members (excludes halogenated alkanes) is 3. The molecule has 0 aliphatic carbocycles. The van der Waals surface area contributed by atoms with E-state index in [9.17, 15) is 0 Å². The number of aryl methyl sites for hydroxylation is 1. The van der Waals surface area contributed by atoms with Crippen LogP contribution in [0.15, 0.2) is 57.9 Å². The van der Waals surface area contributed by atoms with Gasteiger partial charge in [-0.3, -0.25) is 4.99 Å². The van der Waals surface area contributed by atoms with E-state index < -0.39 is 0 Å². The van der Waals surface area contributed by atoms with Crippen molar-refractivity contribution in [3.8, 4) is 17.1 Å². The normalized spacial score (nSPS) is 11.9. The molecule has 3 aromatic rings. The average molecular weight is 349 g/mol. The Morgan fingerprint density at radius 1 is 0.962 bits per heavy atom. The summed E-state index contributed by atoms with van der Waals surface area (Å²) in [6.07, 6.45) is 4.88. The number of hydrogen-bond acceptors (Lipinski definition) is 3. The smallest absolute Gasteiger partial charge is 0.136 e. The minimum Gasteiger partial charge on any atom is -0.497 e. The Bertz CT molecular complexity index is 923. The van der Waals surface area contributed by atoms with Crippen molar-refractivity contribution in [3.63, 3.8) is 0 Å². The Morgan fingerprint density at radius 3 is 2.50 bits per heavy atom. The first-order chi connectivity index (χ1) is 12.7. The highest BCUT2D eigenvalue weighted by atomic mass is 16.5. The Hall–Kier alpha value is -2.55. The van der Waals surface area contributed by atoms with Gasteiger partial charge in [-0.15, -0.1) is 0 Å². The Morgan fingerprint density at radius 2 is 1.77 bits per heavy atom. The Balaban J connectivity index is 2.02. The number of rotatable bonds is 7. The van der Waals surface area contributed by atoms with Crippen LogP contribution in [0.1, 0.15) is 38.2 Å². The first-order valence-electron chi connectivity index (χ1n) is 9.40. The lowest BCUT2D eigenvalue weighted by Gasteiger charge is -2.07. The molecule has 0 saturated carbocycles. The van der Waals surface area contributed by atoms with E-state index in [-0.39, 0.29) is 0 Å². The third-order valence-corrected chi connectivity index (χ3v) is 4.57. The fourth-order valence-corrected chi connectivity index (χ4v) is 3.05. The molecule has 0 bridgehead atoms. The van der Waals surface area contributed by atoms with Crippen molar-refractivity contribution in [2.75, 3.05) is 13.7 Å². The predicted molar refractivity (Wildman–Crippen MR) is 108 cm³/mol. The number of ether oxygens (including phenoxy) is 1. The lowest BCUT2D eigenvalue weighted by atomic mass is 10.1. The summed E-state index contributed by atoms with van der Waals surface area (Å²) >= 11 is 0. The van der Waals surface area contributed by atoms with Gasteiger partial charge in [-0.1, -0.05) is 37.8 Å². The molecular weight excluding hydrogens is 322 g/mol. The molecule has 26 heavy (non-hydrogen) atoms. The standard InChI is InChI=1S/C23H27NO2/c1-4-5-6-7-14-24-21-16-23(18-9-11-19(25-3)12-10-18)26-22-13-8-17(2)15-20(21)22/h8-13,15-16H,4-7,14H2,1-3H3. The van der Waals surface area contributed by atoms with Gasteiger partial charge in [0.1, 0.15) is 17.1 Å². The second-order valence-corrected chi connectivity index (χ2v) is 6.67. The van der Waals surface area contributed by atoms with Crippen LogP contribution in [0, 0.1) is 6.92 Å². The Kier molecular flexibility index (Phi) is 6.11. The van der Waals surface area contributed by atoms with Crippen molar-refractivity contribution in [1.82, 2.24) is 0 Å². The molecule has 1 heterocycles. The topological polar surface area (TPSA) is 34.7 Å². The lowest BCUT2D eigenvalue weighted by molar-refractivity contribution is 0.415. The van der Waals surface area contributed by atoms with Crippen molar-refractivity contribution in [2.45, 2.75) is 39.5 Å². The van der Waals surface area contributed by atoms with Crippen LogP contribution < -0.4 is 10.1 Å². The number of hydrogen-bond donors (Lipinski definition) is 0. The zero-order valence-electron chi connectivity index (χ0n) is 15.9. The molecule has 0 unspecified atom stereocenters. The molecule has 0 N–H and O–H groups in total. The zero-order valence-corrected chi connectivity index (χ0v) is 15.9. The molecule has 0 spiro atoms. The van der Waals surface area contributed by atoms with Crippen LogP contribution in [0.5, 0.6) is 5.75 Å². The van der Waals surface area contributed by atoms with E-state index in [1.165, 1.54) is 24.8 Å². The Labute approximate surface area is 155 Å². The third kappa shape index (κ3) is 4.34. The summed E-state index contributed by atoms with van der Waals surface area (Å²) < 4.78 is 11.4. The summed E-state index contributed by atoms with van der Waals surface area (Å²) in [7, 11) is 1.67. The molecule has 0 atom stereocenters. The number of methoxy groups -OCH3 is 1. The molecule has 1 aromatic heterocycles. The maximum Gasteiger partial charge on any atom is 0.136 e. The number of fused-ring (bicyclic) bond motifs is 1. The molecule has 0 fully saturated rings. The van der Waals surface area contributed by atoms with Crippen molar-refractivity contribution >= 4 is 11.0 Å². The van der Waals surface area contributed by atoms with Crippen LogP contribution in [-0.4, -0.2) is 13.7 Å². The van der Waals surface area contributed by atoms with Crippen LogP contribution in [0.2, 0.25) is 0 Å². The van der Waals surface area contributed by atoms with E-state index in [1.54, 1.807) is 7.11 Å². The minimum absolute atomic E-state index is 0.830. The van der Waals surface area contributed by atoms with Gasteiger partial charge in [-0.05, 0) is 49.7 Å². The molecule has 0 aliphatic rings. The van der Waals surface area contributed by atoms with E-state index in [4.69, 9.17) is 14.1 Å². The second kappa shape index (κ2) is 8.70. The summed E-state index contributed by atoms with van der Waals surface area (Å²) in [6.45, 7) is 5.18. The summed E-state index contributed by atoms with van der Waals surface area (Å²) in [5.74, 6) is 1.67. The van der Waals surface area contributed by atoms with Gasteiger partial charge in [0.2, 0.25) is 0 Å². The first-order valence-corrected chi connectivity index (χ1v) is 9.40. The molecule has 0 saturated heterocycles.